The SMILES string of the molecule is Fc1ccc(/C=C/CN2CCNCC2c2ccncc2)c(F)c1. The summed E-state index contributed by atoms with van der Waals surface area (Å²) in [5.74, 6) is -1.09. The Bertz CT molecular complexity index is 673. The van der Waals surface area contributed by atoms with Crippen LogP contribution in [0.25, 0.3) is 6.08 Å². The van der Waals surface area contributed by atoms with Crippen LogP contribution < -0.4 is 5.32 Å². The van der Waals surface area contributed by atoms with E-state index in [1.807, 2.05) is 18.2 Å². The van der Waals surface area contributed by atoms with Crippen molar-refractivity contribution in [1.29, 1.82) is 0 Å². The van der Waals surface area contributed by atoms with Crippen molar-refractivity contribution in [1.82, 2.24) is 15.2 Å². The van der Waals surface area contributed by atoms with Crippen LogP contribution >= 0.6 is 0 Å². The molecule has 1 aromatic heterocycles. The second-order valence-electron chi connectivity index (χ2n) is 5.56. The highest BCUT2D eigenvalue weighted by Gasteiger charge is 2.22. The van der Waals surface area contributed by atoms with E-state index < -0.39 is 11.6 Å². The largest absolute Gasteiger partial charge is 0.314 e. The zero-order valence-electron chi connectivity index (χ0n) is 12.8. The fourth-order valence-corrected chi connectivity index (χ4v) is 2.83. The second kappa shape index (κ2) is 7.44. The van der Waals surface area contributed by atoms with Gasteiger partial charge in [0.15, 0.2) is 0 Å². The van der Waals surface area contributed by atoms with E-state index in [9.17, 15) is 8.78 Å². The zero-order chi connectivity index (χ0) is 16.1. The van der Waals surface area contributed by atoms with E-state index in [0.717, 1.165) is 25.7 Å². The molecule has 0 amide bonds. The molecule has 3 rings (SSSR count). The minimum atomic E-state index is -0.556. The van der Waals surface area contributed by atoms with Crippen molar-refractivity contribution in [2.24, 2.45) is 0 Å². The van der Waals surface area contributed by atoms with Crippen molar-refractivity contribution in [3.8, 4) is 0 Å². The van der Waals surface area contributed by atoms with Crippen molar-refractivity contribution in [3.05, 3.63) is 71.6 Å². The first-order valence-corrected chi connectivity index (χ1v) is 7.70. The summed E-state index contributed by atoms with van der Waals surface area (Å²) in [6.07, 6.45) is 7.23. The molecule has 1 aliphatic heterocycles. The molecule has 120 valence electrons. The van der Waals surface area contributed by atoms with Crippen molar-refractivity contribution in [2.75, 3.05) is 26.2 Å². The minimum absolute atomic E-state index is 0.273. The van der Waals surface area contributed by atoms with Crippen LogP contribution in [0.15, 0.2) is 48.8 Å². The number of hydrogen-bond acceptors (Lipinski definition) is 3. The lowest BCUT2D eigenvalue weighted by molar-refractivity contribution is 0.180. The molecule has 0 spiro atoms. The molecule has 1 aliphatic rings. The highest BCUT2D eigenvalue weighted by atomic mass is 19.1. The number of nitrogens with one attached hydrogen (secondary N) is 1. The van der Waals surface area contributed by atoms with Crippen molar-refractivity contribution in [3.63, 3.8) is 0 Å². The maximum absolute atomic E-state index is 13.6. The number of aromatic nitrogens is 1. The molecule has 1 atom stereocenters. The molecule has 0 aliphatic carbocycles. The fourth-order valence-electron chi connectivity index (χ4n) is 2.83. The summed E-state index contributed by atoms with van der Waals surface area (Å²) in [6.45, 7) is 3.44. The Labute approximate surface area is 134 Å². The summed E-state index contributed by atoms with van der Waals surface area (Å²) in [7, 11) is 0. The van der Waals surface area contributed by atoms with E-state index in [2.05, 4.69) is 15.2 Å². The smallest absolute Gasteiger partial charge is 0.133 e. The molecule has 1 aromatic carbocycles. The molecular weight excluding hydrogens is 296 g/mol. The number of rotatable bonds is 4. The number of piperazine rings is 1. The van der Waals surface area contributed by atoms with Gasteiger partial charge in [0, 0.05) is 56.2 Å². The number of nitrogens with zero attached hydrogens (tertiary/aromatic N) is 2. The summed E-state index contributed by atoms with van der Waals surface area (Å²) < 4.78 is 26.6. The van der Waals surface area contributed by atoms with Gasteiger partial charge in [-0.2, -0.15) is 0 Å². The van der Waals surface area contributed by atoms with Gasteiger partial charge >= 0.3 is 0 Å². The topological polar surface area (TPSA) is 28.2 Å². The first-order chi connectivity index (χ1) is 11.2. The van der Waals surface area contributed by atoms with Gasteiger partial charge in [-0.3, -0.25) is 9.88 Å². The molecule has 1 saturated heterocycles. The quantitative estimate of drug-likeness (QED) is 0.940. The van der Waals surface area contributed by atoms with Crippen molar-refractivity contribution in [2.45, 2.75) is 6.04 Å². The predicted octanol–water partition coefficient (Wildman–Crippen LogP) is 3.02. The van der Waals surface area contributed by atoms with Crippen LogP contribution in [0.2, 0.25) is 0 Å². The van der Waals surface area contributed by atoms with Gasteiger partial charge in [-0.15, -0.1) is 0 Å². The predicted molar refractivity (Wildman–Crippen MR) is 86.8 cm³/mol. The van der Waals surface area contributed by atoms with E-state index in [-0.39, 0.29) is 6.04 Å². The third kappa shape index (κ3) is 4.00. The number of halogens is 2. The molecule has 2 heterocycles. The minimum Gasteiger partial charge on any atom is -0.314 e. The van der Waals surface area contributed by atoms with E-state index in [1.165, 1.54) is 17.7 Å². The first-order valence-electron chi connectivity index (χ1n) is 7.70. The van der Waals surface area contributed by atoms with E-state index in [0.29, 0.717) is 12.1 Å². The van der Waals surface area contributed by atoms with Gasteiger partial charge in [-0.1, -0.05) is 12.2 Å². The highest BCUT2D eigenvalue weighted by Crippen LogP contribution is 2.21. The van der Waals surface area contributed by atoms with Gasteiger partial charge in [-0.05, 0) is 29.8 Å². The normalized spacial score (nSPS) is 19.3. The molecule has 1 fully saturated rings. The van der Waals surface area contributed by atoms with Gasteiger partial charge in [0.25, 0.3) is 0 Å². The average molecular weight is 315 g/mol. The van der Waals surface area contributed by atoms with Crippen LogP contribution in [-0.2, 0) is 0 Å². The zero-order valence-corrected chi connectivity index (χ0v) is 12.8. The molecule has 0 bridgehead atoms. The Kier molecular flexibility index (Phi) is 5.10. The summed E-state index contributed by atoms with van der Waals surface area (Å²) in [6, 6.07) is 7.95. The van der Waals surface area contributed by atoms with Crippen molar-refractivity contribution >= 4 is 6.08 Å². The molecule has 0 saturated carbocycles. The molecule has 0 radical (unpaired) electrons. The summed E-state index contributed by atoms with van der Waals surface area (Å²) in [4.78, 5) is 6.40. The van der Waals surface area contributed by atoms with E-state index in [1.54, 1.807) is 18.5 Å². The van der Waals surface area contributed by atoms with Gasteiger partial charge in [0.2, 0.25) is 0 Å². The Balaban J connectivity index is 1.69. The van der Waals surface area contributed by atoms with Crippen LogP contribution in [0.4, 0.5) is 8.78 Å². The standard InChI is InChI=1S/C18H19F2N3/c19-16-4-3-14(17(20)12-16)2-1-10-23-11-9-22-13-18(23)15-5-7-21-8-6-15/h1-8,12,18,22H,9-11,13H2/b2-1+. The number of pyridine rings is 1. The second-order valence-corrected chi connectivity index (χ2v) is 5.56. The summed E-state index contributed by atoms with van der Waals surface area (Å²) in [5, 5.41) is 3.40. The Hall–Kier alpha value is -2.11. The number of hydrogen-bond donors (Lipinski definition) is 1. The van der Waals surface area contributed by atoms with E-state index >= 15 is 0 Å². The summed E-state index contributed by atoms with van der Waals surface area (Å²) in [5.41, 5.74) is 1.62. The van der Waals surface area contributed by atoms with Crippen molar-refractivity contribution < 1.29 is 8.78 Å². The lowest BCUT2D eigenvalue weighted by Crippen LogP contribution is -2.45. The van der Waals surface area contributed by atoms with Gasteiger partial charge < -0.3 is 5.32 Å². The fraction of sp³-hybridized carbons (Fsp3) is 0.278. The maximum Gasteiger partial charge on any atom is 0.133 e. The Morgan fingerprint density at radius 2 is 2.04 bits per heavy atom. The van der Waals surface area contributed by atoms with Crippen LogP contribution in [0, 0.1) is 11.6 Å². The third-order valence-corrected chi connectivity index (χ3v) is 4.04. The molecule has 1 unspecified atom stereocenters. The molecular formula is C18H19F2N3. The Morgan fingerprint density at radius 3 is 2.83 bits per heavy atom. The van der Waals surface area contributed by atoms with E-state index in [4.69, 9.17) is 0 Å². The highest BCUT2D eigenvalue weighted by molar-refractivity contribution is 5.50. The average Bonchev–Trinajstić information content (AvgIpc) is 2.58. The van der Waals surface area contributed by atoms with Crippen LogP contribution in [-0.4, -0.2) is 36.1 Å². The molecule has 3 nitrogen and oxygen atoms in total. The maximum atomic E-state index is 13.6. The lowest BCUT2D eigenvalue weighted by Gasteiger charge is -2.35. The van der Waals surface area contributed by atoms with Crippen LogP contribution in [0.1, 0.15) is 17.2 Å². The molecule has 2 aromatic rings. The number of benzene rings is 1. The summed E-state index contributed by atoms with van der Waals surface area (Å²) >= 11 is 0. The lowest BCUT2D eigenvalue weighted by atomic mass is 10.0. The van der Waals surface area contributed by atoms with Gasteiger partial charge in [0.1, 0.15) is 11.6 Å². The van der Waals surface area contributed by atoms with Gasteiger partial charge in [0.05, 0.1) is 0 Å². The monoisotopic (exact) mass is 315 g/mol. The third-order valence-electron chi connectivity index (χ3n) is 4.04. The van der Waals surface area contributed by atoms with Gasteiger partial charge in [-0.25, -0.2) is 8.78 Å². The molecule has 23 heavy (non-hydrogen) atoms. The Morgan fingerprint density at radius 1 is 1.22 bits per heavy atom. The molecule has 1 N–H and O–H groups in total. The molecule has 5 heteroatoms. The van der Waals surface area contributed by atoms with Crippen LogP contribution in [0.5, 0.6) is 0 Å². The van der Waals surface area contributed by atoms with Crippen LogP contribution in [0.3, 0.4) is 0 Å². The first kappa shape index (κ1) is 15.8.